The second kappa shape index (κ2) is 2.80. The Balaban J connectivity index is 2.51. The molecule has 0 heterocycles. The molecular formula is C6H9BrO2. The van der Waals surface area contributed by atoms with Crippen molar-refractivity contribution < 1.29 is 9.90 Å². The van der Waals surface area contributed by atoms with Crippen LogP contribution in [0, 0.1) is 0 Å². The van der Waals surface area contributed by atoms with Crippen LogP contribution in [-0.4, -0.2) is 21.8 Å². The summed E-state index contributed by atoms with van der Waals surface area (Å²) >= 11 is 3.12. The van der Waals surface area contributed by atoms with Crippen LogP contribution in [-0.2, 0) is 4.79 Å². The molecule has 1 aliphatic carbocycles. The Morgan fingerprint density at radius 3 is 2.78 bits per heavy atom. The fourth-order valence-corrected chi connectivity index (χ4v) is 1.48. The average Bonchev–Trinajstić information content (AvgIpc) is 1.83. The Morgan fingerprint density at radius 1 is 1.67 bits per heavy atom. The Hall–Kier alpha value is 0.110. The normalized spacial score (nSPS) is 36.9. The van der Waals surface area contributed by atoms with Crippen molar-refractivity contribution in [3.05, 3.63) is 0 Å². The number of aliphatic hydroxyl groups is 1. The van der Waals surface area contributed by atoms with Crippen LogP contribution in [0.2, 0.25) is 0 Å². The number of halogens is 1. The maximum atomic E-state index is 10.8. The van der Waals surface area contributed by atoms with E-state index in [1.807, 2.05) is 0 Å². The predicted molar refractivity (Wildman–Crippen MR) is 37.6 cm³/mol. The Bertz CT molecular complexity index is 124. The van der Waals surface area contributed by atoms with Gasteiger partial charge in [0.25, 0.3) is 0 Å². The van der Waals surface area contributed by atoms with Crippen molar-refractivity contribution in [1.82, 2.24) is 0 Å². The smallest absolute Gasteiger partial charge is 0.149 e. The van der Waals surface area contributed by atoms with Gasteiger partial charge < -0.3 is 5.11 Å². The molecule has 0 aromatic carbocycles. The largest absolute Gasteiger partial charge is 0.391 e. The fraction of sp³-hybridized carbons (Fsp3) is 0.833. The standard InChI is InChI=1S/C6H9BrO2/c7-6-4(8)2-1-3-5(6)9/h4,6,8H,1-3H2/t4-,6+/m1/s1. The van der Waals surface area contributed by atoms with E-state index in [1.54, 1.807) is 0 Å². The molecule has 1 fully saturated rings. The van der Waals surface area contributed by atoms with Crippen LogP contribution < -0.4 is 0 Å². The van der Waals surface area contributed by atoms with Crippen LogP contribution in [0.25, 0.3) is 0 Å². The highest BCUT2D eigenvalue weighted by Gasteiger charge is 2.27. The second-order valence-electron chi connectivity index (χ2n) is 2.33. The van der Waals surface area contributed by atoms with Gasteiger partial charge in [-0.3, -0.25) is 4.79 Å². The van der Waals surface area contributed by atoms with Gasteiger partial charge in [0.1, 0.15) is 5.78 Å². The number of carbonyl (C=O) groups is 1. The van der Waals surface area contributed by atoms with Gasteiger partial charge in [-0.05, 0) is 12.8 Å². The third-order valence-electron chi connectivity index (χ3n) is 1.57. The number of hydrogen-bond donors (Lipinski definition) is 1. The van der Waals surface area contributed by atoms with Gasteiger partial charge in [-0.1, -0.05) is 15.9 Å². The number of aliphatic hydroxyl groups excluding tert-OH is 1. The first-order valence-corrected chi connectivity index (χ1v) is 3.98. The van der Waals surface area contributed by atoms with Crippen LogP contribution in [0.15, 0.2) is 0 Å². The molecule has 1 rings (SSSR count). The molecule has 0 aromatic rings. The quantitative estimate of drug-likeness (QED) is 0.579. The van der Waals surface area contributed by atoms with Crippen molar-refractivity contribution in [1.29, 1.82) is 0 Å². The summed E-state index contributed by atoms with van der Waals surface area (Å²) in [5.74, 6) is 0.133. The molecule has 0 bridgehead atoms. The molecular weight excluding hydrogens is 184 g/mol. The van der Waals surface area contributed by atoms with Crippen molar-refractivity contribution in [2.24, 2.45) is 0 Å². The van der Waals surface area contributed by atoms with Gasteiger partial charge in [0.2, 0.25) is 0 Å². The molecule has 52 valence electrons. The van der Waals surface area contributed by atoms with E-state index < -0.39 is 6.10 Å². The van der Waals surface area contributed by atoms with E-state index >= 15 is 0 Å². The lowest BCUT2D eigenvalue weighted by Crippen LogP contribution is -2.32. The van der Waals surface area contributed by atoms with E-state index in [1.165, 1.54) is 0 Å². The zero-order valence-corrected chi connectivity index (χ0v) is 6.60. The molecule has 0 aromatic heterocycles. The zero-order chi connectivity index (χ0) is 6.85. The van der Waals surface area contributed by atoms with E-state index in [4.69, 9.17) is 5.11 Å². The van der Waals surface area contributed by atoms with E-state index in [-0.39, 0.29) is 10.6 Å². The minimum absolute atomic E-state index is 0.133. The summed E-state index contributed by atoms with van der Waals surface area (Å²) in [5, 5.41) is 9.08. The van der Waals surface area contributed by atoms with Crippen LogP contribution in [0.4, 0.5) is 0 Å². The monoisotopic (exact) mass is 192 g/mol. The van der Waals surface area contributed by atoms with Crippen molar-refractivity contribution in [2.75, 3.05) is 0 Å². The van der Waals surface area contributed by atoms with Crippen molar-refractivity contribution in [3.8, 4) is 0 Å². The maximum Gasteiger partial charge on any atom is 0.149 e. The van der Waals surface area contributed by atoms with Gasteiger partial charge >= 0.3 is 0 Å². The van der Waals surface area contributed by atoms with Gasteiger partial charge in [0.05, 0.1) is 10.9 Å². The van der Waals surface area contributed by atoms with Crippen molar-refractivity contribution >= 4 is 21.7 Å². The molecule has 0 spiro atoms. The number of Topliss-reactive ketones (excluding diaryl/α,β-unsaturated/α-hetero) is 1. The summed E-state index contributed by atoms with van der Waals surface area (Å²) in [7, 11) is 0. The van der Waals surface area contributed by atoms with Crippen molar-refractivity contribution in [3.63, 3.8) is 0 Å². The predicted octanol–water partition coefficient (Wildman–Crippen LogP) is 0.864. The molecule has 9 heavy (non-hydrogen) atoms. The molecule has 1 N–H and O–H groups in total. The van der Waals surface area contributed by atoms with E-state index in [2.05, 4.69) is 15.9 Å². The number of alkyl halides is 1. The SMILES string of the molecule is O=C1CCC[C@@H](O)[C@@H]1Br. The number of hydrogen-bond acceptors (Lipinski definition) is 2. The first kappa shape index (κ1) is 7.22. The van der Waals surface area contributed by atoms with E-state index in [9.17, 15) is 4.79 Å². The average molecular weight is 193 g/mol. The van der Waals surface area contributed by atoms with Crippen molar-refractivity contribution in [2.45, 2.75) is 30.2 Å². The van der Waals surface area contributed by atoms with Gasteiger partial charge in [-0.25, -0.2) is 0 Å². The summed E-state index contributed by atoms with van der Waals surface area (Å²) in [4.78, 5) is 10.5. The zero-order valence-electron chi connectivity index (χ0n) is 5.01. The molecule has 1 aliphatic rings. The Kier molecular flexibility index (Phi) is 2.24. The van der Waals surface area contributed by atoms with Crippen LogP contribution in [0.3, 0.4) is 0 Å². The maximum absolute atomic E-state index is 10.8. The fourth-order valence-electron chi connectivity index (χ4n) is 0.984. The molecule has 3 heteroatoms. The lowest BCUT2D eigenvalue weighted by Gasteiger charge is -2.20. The minimum Gasteiger partial charge on any atom is -0.391 e. The topological polar surface area (TPSA) is 37.3 Å². The third kappa shape index (κ3) is 1.52. The highest BCUT2D eigenvalue weighted by atomic mass is 79.9. The molecule has 2 nitrogen and oxygen atoms in total. The molecule has 0 radical (unpaired) electrons. The first-order chi connectivity index (χ1) is 4.22. The summed E-state index contributed by atoms with van der Waals surface area (Å²) in [6, 6.07) is 0. The van der Waals surface area contributed by atoms with Crippen LogP contribution >= 0.6 is 15.9 Å². The number of carbonyl (C=O) groups excluding carboxylic acids is 1. The van der Waals surface area contributed by atoms with E-state index in [0.29, 0.717) is 6.42 Å². The third-order valence-corrected chi connectivity index (χ3v) is 2.69. The second-order valence-corrected chi connectivity index (χ2v) is 3.31. The van der Waals surface area contributed by atoms with Gasteiger partial charge in [0.15, 0.2) is 0 Å². The number of rotatable bonds is 0. The lowest BCUT2D eigenvalue weighted by atomic mass is 9.97. The molecule has 0 amide bonds. The highest BCUT2D eigenvalue weighted by molar-refractivity contribution is 9.10. The van der Waals surface area contributed by atoms with Gasteiger partial charge in [-0.2, -0.15) is 0 Å². The molecule has 1 saturated carbocycles. The summed E-state index contributed by atoms with van der Waals surface area (Å²) < 4.78 is 0. The van der Waals surface area contributed by atoms with Gasteiger partial charge in [0, 0.05) is 6.42 Å². The molecule has 0 saturated heterocycles. The molecule has 2 atom stereocenters. The lowest BCUT2D eigenvalue weighted by molar-refractivity contribution is -0.121. The number of ketones is 1. The van der Waals surface area contributed by atoms with Crippen LogP contribution in [0.5, 0.6) is 0 Å². The minimum atomic E-state index is -0.453. The Morgan fingerprint density at radius 2 is 2.33 bits per heavy atom. The Labute approximate surface area is 62.4 Å². The summed E-state index contributed by atoms with van der Waals surface area (Å²) in [5.41, 5.74) is 0. The van der Waals surface area contributed by atoms with E-state index in [0.717, 1.165) is 12.8 Å². The summed E-state index contributed by atoms with van der Waals surface area (Å²) in [6.07, 6.45) is 1.75. The highest BCUT2D eigenvalue weighted by Crippen LogP contribution is 2.20. The summed E-state index contributed by atoms with van der Waals surface area (Å²) in [6.45, 7) is 0. The van der Waals surface area contributed by atoms with Crippen LogP contribution in [0.1, 0.15) is 19.3 Å². The van der Waals surface area contributed by atoms with Gasteiger partial charge in [-0.15, -0.1) is 0 Å². The molecule has 0 unspecified atom stereocenters. The first-order valence-electron chi connectivity index (χ1n) is 3.06. The molecule has 0 aliphatic heterocycles.